The Kier molecular flexibility index (Phi) is 4.66. The standard InChI is InChI=1S/C21H21N7O/c22-13-18-21(25-9-8-24-18)27-10-11-28-15(14-27)4-3-6-19(28)20-12-17(26-29-20)16-5-1-2-7-23-16/h1-2,5,7-9,12,15,19H,3-4,6,10-11,14H2/t15-,19?/m0/s1. The van der Waals surface area contributed by atoms with E-state index in [0.29, 0.717) is 17.6 Å². The van der Waals surface area contributed by atoms with Crippen molar-refractivity contribution in [2.45, 2.75) is 31.3 Å². The van der Waals surface area contributed by atoms with Gasteiger partial charge < -0.3 is 9.42 Å². The van der Waals surface area contributed by atoms with E-state index >= 15 is 0 Å². The fraction of sp³-hybridized carbons (Fsp3) is 0.381. The van der Waals surface area contributed by atoms with Gasteiger partial charge in [-0.1, -0.05) is 11.2 Å². The highest BCUT2D eigenvalue weighted by Gasteiger charge is 2.38. The van der Waals surface area contributed by atoms with Crippen LogP contribution in [0.25, 0.3) is 11.4 Å². The molecule has 0 saturated carbocycles. The van der Waals surface area contributed by atoms with Crippen LogP contribution in [-0.2, 0) is 0 Å². The fourth-order valence-corrected chi connectivity index (χ4v) is 4.47. The maximum Gasteiger partial charge on any atom is 0.183 e. The molecule has 2 aliphatic rings. The van der Waals surface area contributed by atoms with Gasteiger partial charge in [-0.15, -0.1) is 0 Å². The number of hydrogen-bond donors (Lipinski definition) is 0. The first-order chi connectivity index (χ1) is 14.3. The summed E-state index contributed by atoms with van der Waals surface area (Å²) >= 11 is 0. The van der Waals surface area contributed by atoms with Gasteiger partial charge in [-0.2, -0.15) is 5.26 Å². The lowest BCUT2D eigenvalue weighted by Gasteiger charge is -2.47. The van der Waals surface area contributed by atoms with Crippen molar-refractivity contribution >= 4 is 5.82 Å². The molecule has 3 aromatic rings. The number of nitrogens with zero attached hydrogens (tertiary/aromatic N) is 7. The van der Waals surface area contributed by atoms with Crippen LogP contribution in [0.1, 0.15) is 36.8 Å². The molecular weight excluding hydrogens is 366 g/mol. The second-order valence-electron chi connectivity index (χ2n) is 7.45. The minimum absolute atomic E-state index is 0.221. The second kappa shape index (κ2) is 7.60. The number of pyridine rings is 1. The van der Waals surface area contributed by atoms with Gasteiger partial charge in [0.25, 0.3) is 0 Å². The first-order valence-electron chi connectivity index (χ1n) is 9.93. The zero-order valence-electron chi connectivity index (χ0n) is 16.0. The maximum atomic E-state index is 9.35. The van der Waals surface area contributed by atoms with Crippen molar-refractivity contribution in [3.8, 4) is 17.5 Å². The zero-order valence-corrected chi connectivity index (χ0v) is 16.0. The third-order valence-electron chi connectivity index (χ3n) is 5.81. The average molecular weight is 387 g/mol. The molecule has 29 heavy (non-hydrogen) atoms. The molecule has 0 radical (unpaired) electrons. The molecule has 0 aromatic carbocycles. The average Bonchev–Trinajstić information content (AvgIpc) is 3.29. The predicted molar refractivity (Wildman–Crippen MR) is 106 cm³/mol. The normalized spacial score (nSPS) is 22.1. The highest BCUT2D eigenvalue weighted by atomic mass is 16.5. The molecule has 0 spiro atoms. The lowest BCUT2D eigenvalue weighted by Crippen LogP contribution is -2.56. The van der Waals surface area contributed by atoms with Crippen LogP contribution >= 0.6 is 0 Å². The summed E-state index contributed by atoms with van der Waals surface area (Å²) in [5.41, 5.74) is 1.99. The quantitative estimate of drug-likeness (QED) is 0.677. The Labute approximate surface area is 168 Å². The number of hydrogen-bond acceptors (Lipinski definition) is 8. The summed E-state index contributed by atoms with van der Waals surface area (Å²) in [5, 5.41) is 13.6. The SMILES string of the molecule is N#Cc1nccnc1N1CCN2C(c3cc(-c4ccccn4)no3)CCC[C@H]2C1. The molecule has 2 aliphatic heterocycles. The fourth-order valence-electron chi connectivity index (χ4n) is 4.47. The van der Waals surface area contributed by atoms with Gasteiger partial charge in [0, 0.05) is 50.3 Å². The third-order valence-corrected chi connectivity index (χ3v) is 5.81. The minimum atomic E-state index is 0.221. The molecule has 5 rings (SSSR count). The van der Waals surface area contributed by atoms with E-state index in [2.05, 4.69) is 36.0 Å². The van der Waals surface area contributed by atoms with Crippen molar-refractivity contribution < 1.29 is 4.52 Å². The number of fused-ring (bicyclic) bond motifs is 1. The summed E-state index contributed by atoms with van der Waals surface area (Å²) < 4.78 is 5.74. The van der Waals surface area contributed by atoms with Crippen LogP contribution in [-0.4, -0.2) is 50.7 Å². The highest BCUT2D eigenvalue weighted by molar-refractivity contribution is 5.53. The van der Waals surface area contributed by atoms with Crippen LogP contribution in [0.3, 0.4) is 0 Å². The molecule has 0 aliphatic carbocycles. The summed E-state index contributed by atoms with van der Waals surface area (Å²) in [4.78, 5) is 17.6. The number of anilines is 1. The van der Waals surface area contributed by atoms with Gasteiger partial charge in [-0.05, 0) is 31.4 Å². The van der Waals surface area contributed by atoms with E-state index < -0.39 is 0 Å². The first kappa shape index (κ1) is 17.8. The van der Waals surface area contributed by atoms with E-state index in [9.17, 15) is 5.26 Å². The van der Waals surface area contributed by atoms with Crippen LogP contribution in [0, 0.1) is 11.3 Å². The highest BCUT2D eigenvalue weighted by Crippen LogP contribution is 2.37. The summed E-state index contributed by atoms with van der Waals surface area (Å²) in [6, 6.07) is 10.6. The summed E-state index contributed by atoms with van der Waals surface area (Å²) in [5.74, 6) is 1.59. The van der Waals surface area contributed by atoms with Gasteiger partial charge in [0.15, 0.2) is 17.3 Å². The summed E-state index contributed by atoms with van der Waals surface area (Å²) in [7, 11) is 0. The van der Waals surface area contributed by atoms with Crippen molar-refractivity contribution in [2.24, 2.45) is 0 Å². The van der Waals surface area contributed by atoms with Crippen molar-refractivity contribution in [2.75, 3.05) is 24.5 Å². The number of piperazine rings is 1. The molecule has 2 saturated heterocycles. The monoisotopic (exact) mass is 387 g/mol. The third kappa shape index (κ3) is 3.34. The molecule has 2 fully saturated rings. The molecular formula is C21H21N7O. The second-order valence-corrected chi connectivity index (χ2v) is 7.45. The van der Waals surface area contributed by atoms with E-state index in [0.717, 1.165) is 56.0 Å². The van der Waals surface area contributed by atoms with E-state index in [1.807, 2.05) is 24.3 Å². The Hall–Kier alpha value is -3.31. The summed E-state index contributed by atoms with van der Waals surface area (Å²) in [6.07, 6.45) is 8.29. The van der Waals surface area contributed by atoms with Crippen LogP contribution < -0.4 is 4.90 Å². The van der Waals surface area contributed by atoms with E-state index in [1.54, 1.807) is 18.6 Å². The number of nitriles is 1. The number of aromatic nitrogens is 4. The molecule has 2 atom stereocenters. The molecule has 0 bridgehead atoms. The van der Waals surface area contributed by atoms with Gasteiger partial charge in [0.1, 0.15) is 11.8 Å². The van der Waals surface area contributed by atoms with Crippen LogP contribution in [0.5, 0.6) is 0 Å². The zero-order chi connectivity index (χ0) is 19.6. The van der Waals surface area contributed by atoms with Gasteiger partial charge in [0.05, 0.1) is 11.7 Å². The van der Waals surface area contributed by atoms with Crippen molar-refractivity contribution in [3.63, 3.8) is 0 Å². The minimum Gasteiger partial charge on any atom is -0.359 e. The van der Waals surface area contributed by atoms with E-state index in [1.165, 1.54) is 0 Å². The van der Waals surface area contributed by atoms with Gasteiger partial charge in [0.2, 0.25) is 0 Å². The van der Waals surface area contributed by atoms with Crippen LogP contribution in [0.15, 0.2) is 47.4 Å². The molecule has 146 valence electrons. The Morgan fingerprint density at radius 3 is 2.83 bits per heavy atom. The van der Waals surface area contributed by atoms with Crippen molar-refractivity contribution in [1.29, 1.82) is 5.26 Å². The van der Waals surface area contributed by atoms with Gasteiger partial charge >= 0.3 is 0 Å². The number of rotatable bonds is 3. The largest absolute Gasteiger partial charge is 0.359 e. The summed E-state index contributed by atoms with van der Waals surface area (Å²) in [6.45, 7) is 2.53. The molecule has 8 nitrogen and oxygen atoms in total. The van der Waals surface area contributed by atoms with E-state index in [4.69, 9.17) is 4.52 Å². The Morgan fingerprint density at radius 1 is 1.03 bits per heavy atom. The molecule has 5 heterocycles. The molecule has 0 amide bonds. The molecule has 8 heteroatoms. The Bertz CT molecular complexity index is 1030. The van der Waals surface area contributed by atoms with Crippen LogP contribution in [0.4, 0.5) is 5.82 Å². The Morgan fingerprint density at radius 2 is 1.97 bits per heavy atom. The Balaban J connectivity index is 1.35. The van der Waals surface area contributed by atoms with Crippen LogP contribution in [0.2, 0.25) is 0 Å². The van der Waals surface area contributed by atoms with E-state index in [-0.39, 0.29) is 6.04 Å². The van der Waals surface area contributed by atoms with Gasteiger partial charge in [-0.25, -0.2) is 9.97 Å². The molecule has 1 unspecified atom stereocenters. The van der Waals surface area contributed by atoms with Gasteiger partial charge in [-0.3, -0.25) is 9.88 Å². The maximum absolute atomic E-state index is 9.35. The number of piperidine rings is 1. The lowest BCUT2D eigenvalue weighted by atomic mass is 9.92. The molecule has 0 N–H and O–H groups in total. The predicted octanol–water partition coefficient (Wildman–Crippen LogP) is 2.81. The molecule has 3 aromatic heterocycles. The topological polar surface area (TPSA) is 95.0 Å². The lowest BCUT2D eigenvalue weighted by molar-refractivity contribution is 0.0558. The van der Waals surface area contributed by atoms with Crippen molar-refractivity contribution in [1.82, 2.24) is 25.0 Å². The van der Waals surface area contributed by atoms with Crippen molar-refractivity contribution in [3.05, 3.63) is 54.3 Å². The first-order valence-corrected chi connectivity index (χ1v) is 9.93. The smallest absolute Gasteiger partial charge is 0.183 e.